The molecule has 0 aliphatic carbocycles. The lowest BCUT2D eigenvalue weighted by Gasteiger charge is -2.37. The highest BCUT2D eigenvalue weighted by Crippen LogP contribution is 2.23. The average molecular weight is 412 g/mol. The molecule has 1 amide bonds. The molecule has 6 nitrogen and oxygen atoms in total. The van der Waals surface area contributed by atoms with Crippen molar-refractivity contribution in [2.24, 2.45) is 0 Å². The third-order valence-corrected chi connectivity index (χ3v) is 6.03. The van der Waals surface area contributed by atoms with Crippen molar-refractivity contribution >= 4 is 11.9 Å². The lowest BCUT2D eigenvalue weighted by Crippen LogP contribution is -2.49. The Hall–Kier alpha value is -2.60. The van der Waals surface area contributed by atoms with E-state index in [0.717, 1.165) is 32.4 Å². The first-order valence-corrected chi connectivity index (χ1v) is 10.8. The van der Waals surface area contributed by atoms with Gasteiger partial charge in [0.2, 0.25) is 0 Å². The van der Waals surface area contributed by atoms with Crippen molar-refractivity contribution in [2.75, 3.05) is 33.3 Å². The first-order valence-electron chi connectivity index (χ1n) is 10.8. The molecule has 0 radical (unpaired) electrons. The van der Waals surface area contributed by atoms with Crippen LogP contribution in [0.5, 0.6) is 0 Å². The maximum atomic E-state index is 13.2. The SMILES string of the molecule is CCOC(=O)c1c(C)[nH]c(C(=O)N2CCC[C@@H](N(C)CCc3ccccc3)C2)c1C. The van der Waals surface area contributed by atoms with Gasteiger partial charge in [-0.05, 0) is 58.2 Å². The molecular formula is C24H33N3O3. The van der Waals surface area contributed by atoms with Gasteiger partial charge in [0.15, 0.2) is 0 Å². The number of rotatable bonds is 7. The Morgan fingerprint density at radius 1 is 1.23 bits per heavy atom. The molecule has 0 bridgehead atoms. The Morgan fingerprint density at radius 2 is 1.97 bits per heavy atom. The third kappa shape index (κ3) is 4.93. The predicted molar refractivity (Wildman–Crippen MR) is 118 cm³/mol. The fourth-order valence-corrected chi connectivity index (χ4v) is 4.26. The van der Waals surface area contributed by atoms with Crippen molar-refractivity contribution in [3.63, 3.8) is 0 Å². The molecule has 0 saturated carbocycles. The highest BCUT2D eigenvalue weighted by Gasteiger charge is 2.30. The molecule has 1 fully saturated rings. The van der Waals surface area contributed by atoms with Crippen molar-refractivity contribution in [2.45, 2.75) is 46.1 Å². The van der Waals surface area contributed by atoms with Crippen LogP contribution in [0.3, 0.4) is 0 Å². The summed E-state index contributed by atoms with van der Waals surface area (Å²) in [4.78, 5) is 32.9. The number of piperidine rings is 1. The van der Waals surface area contributed by atoms with E-state index in [9.17, 15) is 9.59 Å². The Bertz CT molecular complexity index is 875. The summed E-state index contributed by atoms with van der Waals surface area (Å²) in [5.74, 6) is -0.410. The fourth-order valence-electron chi connectivity index (χ4n) is 4.26. The van der Waals surface area contributed by atoms with Crippen LogP contribution in [0, 0.1) is 13.8 Å². The Labute approximate surface area is 179 Å². The minimum absolute atomic E-state index is 0.0349. The van der Waals surface area contributed by atoms with Crippen LogP contribution in [-0.2, 0) is 11.2 Å². The minimum atomic E-state index is -0.375. The molecule has 0 unspecified atom stereocenters. The van der Waals surface area contributed by atoms with Crippen molar-refractivity contribution in [3.8, 4) is 0 Å². The molecule has 3 rings (SSSR count). The van der Waals surface area contributed by atoms with E-state index in [0.29, 0.717) is 41.7 Å². The van der Waals surface area contributed by atoms with Crippen LogP contribution in [0.25, 0.3) is 0 Å². The van der Waals surface area contributed by atoms with E-state index in [4.69, 9.17) is 4.74 Å². The van der Waals surface area contributed by atoms with E-state index >= 15 is 0 Å². The quantitative estimate of drug-likeness (QED) is 0.707. The fraction of sp³-hybridized carbons (Fsp3) is 0.500. The smallest absolute Gasteiger partial charge is 0.340 e. The summed E-state index contributed by atoms with van der Waals surface area (Å²) in [5.41, 5.74) is 3.67. The van der Waals surface area contributed by atoms with Crippen molar-refractivity contribution in [3.05, 3.63) is 58.4 Å². The summed E-state index contributed by atoms with van der Waals surface area (Å²) in [6.45, 7) is 8.14. The number of aryl methyl sites for hydroxylation is 1. The van der Waals surface area contributed by atoms with E-state index in [1.165, 1.54) is 5.56 Å². The number of aromatic nitrogens is 1. The molecule has 2 heterocycles. The number of hydrogen-bond donors (Lipinski definition) is 1. The number of nitrogens with one attached hydrogen (secondary N) is 1. The highest BCUT2D eigenvalue weighted by molar-refractivity contribution is 6.00. The van der Waals surface area contributed by atoms with Crippen LogP contribution in [0.2, 0.25) is 0 Å². The van der Waals surface area contributed by atoms with E-state index in [2.05, 4.69) is 41.2 Å². The number of nitrogens with zero attached hydrogens (tertiary/aromatic N) is 2. The number of ether oxygens (including phenoxy) is 1. The molecule has 1 N–H and O–H groups in total. The van der Waals surface area contributed by atoms with Crippen molar-refractivity contribution in [1.82, 2.24) is 14.8 Å². The number of hydrogen-bond acceptors (Lipinski definition) is 4. The van der Waals surface area contributed by atoms with E-state index in [-0.39, 0.29) is 11.9 Å². The van der Waals surface area contributed by atoms with Gasteiger partial charge in [0, 0.05) is 31.4 Å². The number of likely N-dealkylation sites (N-methyl/N-ethyl adjacent to an activating group) is 1. The number of H-pyrrole nitrogens is 1. The highest BCUT2D eigenvalue weighted by atomic mass is 16.5. The lowest BCUT2D eigenvalue weighted by molar-refractivity contribution is 0.0525. The van der Waals surface area contributed by atoms with Crippen LogP contribution in [0.4, 0.5) is 0 Å². The summed E-state index contributed by atoms with van der Waals surface area (Å²) in [7, 11) is 2.14. The molecular weight excluding hydrogens is 378 g/mol. The van der Waals surface area contributed by atoms with E-state index in [1.807, 2.05) is 24.8 Å². The average Bonchev–Trinajstić information content (AvgIpc) is 3.06. The van der Waals surface area contributed by atoms with Gasteiger partial charge < -0.3 is 19.5 Å². The van der Waals surface area contributed by atoms with E-state index in [1.54, 1.807) is 6.92 Å². The minimum Gasteiger partial charge on any atom is -0.462 e. The number of amides is 1. The molecule has 1 atom stereocenters. The van der Waals surface area contributed by atoms with Crippen LogP contribution in [0.15, 0.2) is 30.3 Å². The zero-order valence-electron chi connectivity index (χ0n) is 18.5. The zero-order valence-corrected chi connectivity index (χ0v) is 18.5. The summed E-state index contributed by atoms with van der Waals surface area (Å²) in [6.07, 6.45) is 3.07. The van der Waals surface area contributed by atoms with Gasteiger partial charge in [-0.3, -0.25) is 4.79 Å². The second-order valence-corrected chi connectivity index (χ2v) is 8.11. The van der Waals surface area contributed by atoms with Gasteiger partial charge in [0.25, 0.3) is 5.91 Å². The number of benzene rings is 1. The second-order valence-electron chi connectivity index (χ2n) is 8.11. The molecule has 1 aliphatic heterocycles. The largest absolute Gasteiger partial charge is 0.462 e. The normalized spacial score (nSPS) is 16.7. The summed E-state index contributed by atoms with van der Waals surface area (Å²) >= 11 is 0. The monoisotopic (exact) mass is 411 g/mol. The van der Waals surface area contributed by atoms with Crippen LogP contribution in [0.1, 0.15) is 57.4 Å². The third-order valence-electron chi connectivity index (χ3n) is 6.03. The maximum Gasteiger partial charge on any atom is 0.340 e. The Morgan fingerprint density at radius 3 is 2.67 bits per heavy atom. The molecule has 30 heavy (non-hydrogen) atoms. The molecule has 1 aromatic heterocycles. The first kappa shape index (κ1) is 22.1. The molecule has 6 heteroatoms. The van der Waals surface area contributed by atoms with Gasteiger partial charge in [-0.15, -0.1) is 0 Å². The molecule has 1 saturated heterocycles. The number of esters is 1. The summed E-state index contributed by atoms with van der Waals surface area (Å²) in [5, 5.41) is 0. The standard InChI is InChI=1S/C24H33N3O3/c1-5-30-24(29)21-17(2)22(25-18(21)3)23(28)27-14-9-12-20(16-27)26(4)15-13-19-10-7-6-8-11-19/h6-8,10-11,20,25H,5,9,12-16H2,1-4H3/t20-/m1/s1. The van der Waals surface area contributed by atoms with Gasteiger partial charge in [-0.1, -0.05) is 30.3 Å². The summed E-state index contributed by atoms with van der Waals surface area (Å²) in [6, 6.07) is 10.8. The molecule has 1 aliphatic rings. The number of carbonyl (C=O) groups excluding carboxylic acids is 2. The van der Waals surface area contributed by atoms with Gasteiger partial charge in [0.1, 0.15) is 5.69 Å². The van der Waals surface area contributed by atoms with Crippen LogP contribution in [-0.4, -0.2) is 66.0 Å². The van der Waals surface area contributed by atoms with Gasteiger partial charge in [0.05, 0.1) is 12.2 Å². The molecule has 1 aromatic carbocycles. The Balaban J connectivity index is 1.65. The summed E-state index contributed by atoms with van der Waals surface area (Å²) < 4.78 is 5.15. The van der Waals surface area contributed by atoms with Crippen LogP contribution < -0.4 is 0 Å². The van der Waals surface area contributed by atoms with Crippen LogP contribution >= 0.6 is 0 Å². The van der Waals surface area contributed by atoms with Gasteiger partial charge >= 0.3 is 5.97 Å². The predicted octanol–water partition coefficient (Wildman–Crippen LogP) is 3.59. The maximum absolute atomic E-state index is 13.2. The van der Waals surface area contributed by atoms with Crippen molar-refractivity contribution in [1.29, 1.82) is 0 Å². The number of carbonyl (C=O) groups is 2. The molecule has 0 spiro atoms. The topological polar surface area (TPSA) is 65.6 Å². The zero-order chi connectivity index (χ0) is 21.7. The molecule has 162 valence electrons. The Kier molecular flexibility index (Phi) is 7.32. The number of likely N-dealkylation sites (tertiary alicyclic amines) is 1. The lowest BCUT2D eigenvalue weighted by atomic mass is 10.0. The van der Waals surface area contributed by atoms with Crippen molar-refractivity contribution < 1.29 is 14.3 Å². The first-order chi connectivity index (χ1) is 14.4. The second kappa shape index (κ2) is 9.94. The van der Waals surface area contributed by atoms with Gasteiger partial charge in [-0.25, -0.2) is 4.79 Å². The number of aromatic amines is 1. The van der Waals surface area contributed by atoms with E-state index < -0.39 is 0 Å². The van der Waals surface area contributed by atoms with Gasteiger partial charge in [-0.2, -0.15) is 0 Å². The molecule has 2 aromatic rings.